The highest BCUT2D eigenvalue weighted by Gasteiger charge is 2.17. The Balaban J connectivity index is 2.20. The second kappa shape index (κ2) is 4.24. The normalized spacial score (nSPS) is 12.2. The molecule has 3 aromatic rings. The summed E-state index contributed by atoms with van der Waals surface area (Å²) in [6.45, 7) is 4.09. The van der Waals surface area contributed by atoms with Crippen molar-refractivity contribution in [3.63, 3.8) is 0 Å². The smallest absolute Gasteiger partial charge is 0.0657 e. The van der Waals surface area contributed by atoms with Crippen LogP contribution in [-0.4, -0.2) is 20.7 Å². The van der Waals surface area contributed by atoms with Crippen molar-refractivity contribution >= 4 is 10.9 Å². The van der Waals surface area contributed by atoms with E-state index in [4.69, 9.17) is 5.73 Å². The molecule has 0 bridgehead atoms. The van der Waals surface area contributed by atoms with Crippen LogP contribution in [-0.2, 0) is 6.42 Å². The minimum atomic E-state index is -0.226. The molecule has 2 aromatic heterocycles. The second-order valence-electron chi connectivity index (χ2n) is 5.68. The number of fused-ring (bicyclic) bond motifs is 1. The van der Waals surface area contributed by atoms with Crippen molar-refractivity contribution in [2.75, 3.05) is 0 Å². The zero-order valence-electron chi connectivity index (χ0n) is 11.2. The summed E-state index contributed by atoms with van der Waals surface area (Å²) in [5.74, 6) is 0. The van der Waals surface area contributed by atoms with Crippen molar-refractivity contribution in [1.29, 1.82) is 0 Å². The molecule has 0 saturated carbocycles. The molecule has 0 radical (unpaired) electrons. The zero-order valence-corrected chi connectivity index (χ0v) is 11.2. The predicted octanol–water partition coefficient (Wildman–Crippen LogP) is 2.84. The molecule has 0 fully saturated rings. The van der Waals surface area contributed by atoms with Crippen LogP contribution in [0, 0.1) is 0 Å². The molecule has 4 heteroatoms. The van der Waals surface area contributed by atoms with Crippen molar-refractivity contribution in [3.8, 4) is 11.3 Å². The predicted molar refractivity (Wildman–Crippen MR) is 77.9 cm³/mol. The standard InChI is InChI=1S/C15H18N4/c1-15(2,16)8-10-9-17-13-5-3-4-11(14(10)13)12-6-7-18-19-12/h3-7,9,17H,8,16H2,1-2H3,(H,18,19). The third kappa shape index (κ3) is 2.27. The average molecular weight is 254 g/mol. The Morgan fingerprint density at radius 3 is 2.79 bits per heavy atom. The number of rotatable bonds is 3. The SMILES string of the molecule is CC(C)(N)Cc1c[nH]c2cccc(-c3ccn[nH]3)c12. The topological polar surface area (TPSA) is 70.5 Å². The Hall–Kier alpha value is -2.07. The molecule has 0 atom stereocenters. The first kappa shape index (κ1) is 12.0. The molecular formula is C15H18N4. The van der Waals surface area contributed by atoms with Gasteiger partial charge in [0.2, 0.25) is 0 Å². The zero-order chi connectivity index (χ0) is 13.5. The number of benzene rings is 1. The lowest BCUT2D eigenvalue weighted by molar-refractivity contribution is 0.518. The monoisotopic (exact) mass is 254 g/mol. The number of nitrogens with zero attached hydrogens (tertiary/aromatic N) is 1. The van der Waals surface area contributed by atoms with E-state index in [2.05, 4.69) is 33.5 Å². The third-order valence-electron chi connectivity index (χ3n) is 3.22. The summed E-state index contributed by atoms with van der Waals surface area (Å²) < 4.78 is 0. The van der Waals surface area contributed by atoms with E-state index in [1.54, 1.807) is 6.20 Å². The van der Waals surface area contributed by atoms with E-state index in [1.807, 2.05) is 26.0 Å². The summed E-state index contributed by atoms with van der Waals surface area (Å²) in [7, 11) is 0. The maximum Gasteiger partial charge on any atom is 0.0657 e. The fraction of sp³-hybridized carbons (Fsp3) is 0.267. The van der Waals surface area contributed by atoms with Crippen LogP contribution in [0.4, 0.5) is 0 Å². The Labute approximate surface area is 112 Å². The van der Waals surface area contributed by atoms with Crippen molar-refractivity contribution in [3.05, 3.63) is 42.2 Å². The van der Waals surface area contributed by atoms with Crippen molar-refractivity contribution in [2.45, 2.75) is 25.8 Å². The van der Waals surface area contributed by atoms with Crippen molar-refractivity contribution in [1.82, 2.24) is 15.2 Å². The molecule has 0 amide bonds. The van der Waals surface area contributed by atoms with E-state index >= 15 is 0 Å². The molecule has 2 heterocycles. The quantitative estimate of drug-likeness (QED) is 0.672. The van der Waals surface area contributed by atoms with Gasteiger partial charge in [-0.15, -0.1) is 0 Å². The Bertz CT molecular complexity index is 687. The van der Waals surface area contributed by atoms with Crippen LogP contribution in [0.5, 0.6) is 0 Å². The summed E-state index contributed by atoms with van der Waals surface area (Å²) in [6.07, 6.45) is 4.66. The van der Waals surface area contributed by atoms with Gasteiger partial charge in [-0.05, 0) is 38.0 Å². The average Bonchev–Trinajstić information content (AvgIpc) is 2.96. The molecule has 3 rings (SSSR count). The lowest BCUT2D eigenvalue weighted by Crippen LogP contribution is -2.34. The van der Waals surface area contributed by atoms with Gasteiger partial charge in [-0.3, -0.25) is 5.10 Å². The van der Waals surface area contributed by atoms with E-state index in [1.165, 1.54) is 10.9 Å². The summed E-state index contributed by atoms with van der Waals surface area (Å²) in [6, 6.07) is 8.23. The van der Waals surface area contributed by atoms with Gasteiger partial charge in [0.15, 0.2) is 0 Å². The fourth-order valence-corrected chi connectivity index (χ4v) is 2.52. The first-order valence-electron chi connectivity index (χ1n) is 6.42. The number of hydrogen-bond acceptors (Lipinski definition) is 2. The Morgan fingerprint density at radius 2 is 2.11 bits per heavy atom. The Morgan fingerprint density at radius 1 is 1.26 bits per heavy atom. The molecule has 0 aliphatic heterocycles. The molecule has 98 valence electrons. The number of aromatic nitrogens is 3. The van der Waals surface area contributed by atoms with Crippen LogP contribution in [0.25, 0.3) is 22.2 Å². The fourth-order valence-electron chi connectivity index (χ4n) is 2.52. The van der Waals surface area contributed by atoms with Crippen LogP contribution in [0.3, 0.4) is 0 Å². The molecule has 0 aliphatic carbocycles. The van der Waals surface area contributed by atoms with Gasteiger partial charge in [-0.1, -0.05) is 12.1 Å². The molecule has 0 spiro atoms. The van der Waals surface area contributed by atoms with Gasteiger partial charge >= 0.3 is 0 Å². The molecule has 0 saturated heterocycles. The summed E-state index contributed by atoms with van der Waals surface area (Å²) in [5, 5.41) is 8.29. The summed E-state index contributed by atoms with van der Waals surface area (Å²) in [5.41, 5.74) is 10.5. The van der Waals surface area contributed by atoms with Crippen LogP contribution in [0.15, 0.2) is 36.7 Å². The molecule has 4 N–H and O–H groups in total. The maximum atomic E-state index is 6.15. The van der Waals surface area contributed by atoms with E-state index in [-0.39, 0.29) is 5.54 Å². The van der Waals surface area contributed by atoms with Gasteiger partial charge in [0.1, 0.15) is 0 Å². The highest BCUT2D eigenvalue weighted by molar-refractivity contribution is 5.96. The maximum absolute atomic E-state index is 6.15. The van der Waals surface area contributed by atoms with Crippen LogP contribution >= 0.6 is 0 Å². The number of H-pyrrole nitrogens is 2. The largest absolute Gasteiger partial charge is 0.361 e. The number of nitrogens with one attached hydrogen (secondary N) is 2. The molecule has 19 heavy (non-hydrogen) atoms. The molecule has 0 aliphatic rings. The number of aromatic amines is 2. The van der Waals surface area contributed by atoms with E-state index in [9.17, 15) is 0 Å². The molecular weight excluding hydrogens is 236 g/mol. The van der Waals surface area contributed by atoms with Crippen LogP contribution in [0.2, 0.25) is 0 Å². The molecule has 1 aromatic carbocycles. The van der Waals surface area contributed by atoms with Crippen LogP contribution < -0.4 is 5.73 Å². The van der Waals surface area contributed by atoms with Gasteiger partial charge < -0.3 is 10.7 Å². The molecule has 4 nitrogen and oxygen atoms in total. The minimum absolute atomic E-state index is 0.226. The molecule has 0 unspecified atom stereocenters. The van der Waals surface area contributed by atoms with Gasteiger partial charge in [-0.2, -0.15) is 5.10 Å². The van der Waals surface area contributed by atoms with E-state index < -0.39 is 0 Å². The lowest BCUT2D eigenvalue weighted by Gasteiger charge is -2.18. The number of nitrogens with two attached hydrogens (primary N) is 1. The van der Waals surface area contributed by atoms with Gasteiger partial charge in [0.25, 0.3) is 0 Å². The first-order valence-corrected chi connectivity index (χ1v) is 6.42. The lowest BCUT2D eigenvalue weighted by atomic mass is 9.93. The van der Waals surface area contributed by atoms with E-state index in [0.29, 0.717) is 0 Å². The summed E-state index contributed by atoms with van der Waals surface area (Å²) >= 11 is 0. The minimum Gasteiger partial charge on any atom is -0.361 e. The van der Waals surface area contributed by atoms with Gasteiger partial charge in [0, 0.05) is 34.4 Å². The first-order chi connectivity index (χ1) is 9.04. The second-order valence-corrected chi connectivity index (χ2v) is 5.68. The van der Waals surface area contributed by atoms with Gasteiger partial charge in [-0.25, -0.2) is 0 Å². The Kier molecular flexibility index (Phi) is 2.68. The van der Waals surface area contributed by atoms with Gasteiger partial charge in [0.05, 0.1) is 5.69 Å². The highest BCUT2D eigenvalue weighted by Crippen LogP contribution is 2.31. The third-order valence-corrected chi connectivity index (χ3v) is 3.22. The number of hydrogen-bond donors (Lipinski definition) is 3. The van der Waals surface area contributed by atoms with Crippen LogP contribution in [0.1, 0.15) is 19.4 Å². The highest BCUT2D eigenvalue weighted by atomic mass is 15.1. The summed E-state index contributed by atoms with van der Waals surface area (Å²) in [4.78, 5) is 3.32. The van der Waals surface area contributed by atoms with Crippen molar-refractivity contribution < 1.29 is 0 Å². The van der Waals surface area contributed by atoms with E-state index in [0.717, 1.165) is 23.2 Å². The van der Waals surface area contributed by atoms with Crippen molar-refractivity contribution in [2.24, 2.45) is 5.73 Å².